The highest BCUT2D eigenvalue weighted by Crippen LogP contribution is 2.15. The van der Waals surface area contributed by atoms with Crippen LogP contribution in [0.5, 0.6) is 0 Å². The fourth-order valence-electron chi connectivity index (χ4n) is 2.32. The molecular formula is C12H26N2OS. The number of hydrogen-bond donors (Lipinski definition) is 2. The second kappa shape index (κ2) is 7.54. The minimum Gasteiger partial charge on any atom is -0.395 e. The Hall–Kier alpha value is 0.230. The summed E-state index contributed by atoms with van der Waals surface area (Å²) < 4.78 is 0. The van der Waals surface area contributed by atoms with E-state index in [1.807, 2.05) is 0 Å². The number of hydrogen-bond acceptors (Lipinski definition) is 4. The minimum atomic E-state index is 0.266. The summed E-state index contributed by atoms with van der Waals surface area (Å²) in [7, 11) is 2.20. The van der Waals surface area contributed by atoms with E-state index in [1.165, 1.54) is 32.4 Å². The smallest absolute Gasteiger partial charge is 0.0564 e. The molecule has 3 unspecified atom stereocenters. The Labute approximate surface area is 104 Å². The van der Waals surface area contributed by atoms with Crippen molar-refractivity contribution in [2.24, 2.45) is 0 Å². The zero-order chi connectivity index (χ0) is 12.0. The summed E-state index contributed by atoms with van der Waals surface area (Å²) in [6.45, 7) is 4.86. The van der Waals surface area contributed by atoms with Crippen LogP contribution in [0.25, 0.3) is 0 Å². The Morgan fingerprint density at radius 3 is 2.81 bits per heavy atom. The molecule has 0 radical (unpaired) electrons. The number of aliphatic hydroxyl groups excluding tert-OH is 1. The van der Waals surface area contributed by atoms with Crippen LogP contribution < -0.4 is 5.32 Å². The van der Waals surface area contributed by atoms with Crippen molar-refractivity contribution in [2.45, 2.75) is 43.5 Å². The molecule has 0 amide bonds. The quantitative estimate of drug-likeness (QED) is 0.763. The van der Waals surface area contributed by atoms with Crippen LogP contribution in [0.2, 0.25) is 0 Å². The molecule has 16 heavy (non-hydrogen) atoms. The number of nitrogens with one attached hydrogen (secondary N) is 1. The summed E-state index contributed by atoms with van der Waals surface area (Å²) in [6, 6.07) is 1.02. The molecule has 0 aromatic carbocycles. The Kier molecular flexibility index (Phi) is 6.73. The summed E-state index contributed by atoms with van der Waals surface area (Å²) in [5.74, 6) is 0. The maximum atomic E-state index is 9.25. The molecule has 96 valence electrons. The van der Waals surface area contributed by atoms with Crippen LogP contribution in [0.15, 0.2) is 0 Å². The predicted molar refractivity (Wildman–Crippen MR) is 72.1 cm³/mol. The largest absolute Gasteiger partial charge is 0.395 e. The third-order valence-corrected chi connectivity index (χ3v) is 4.65. The van der Waals surface area contributed by atoms with Crippen molar-refractivity contribution in [3.05, 3.63) is 0 Å². The van der Waals surface area contributed by atoms with Gasteiger partial charge in [0.05, 0.1) is 6.61 Å². The Bertz CT molecular complexity index is 188. The van der Waals surface area contributed by atoms with Crippen molar-refractivity contribution >= 4 is 11.8 Å². The van der Waals surface area contributed by atoms with E-state index in [0.29, 0.717) is 17.3 Å². The number of thioether (sulfide) groups is 1. The van der Waals surface area contributed by atoms with Gasteiger partial charge in [0.25, 0.3) is 0 Å². The Morgan fingerprint density at radius 1 is 1.44 bits per heavy atom. The molecule has 1 aliphatic heterocycles. The fraction of sp³-hybridized carbons (Fsp3) is 1.00. The summed E-state index contributed by atoms with van der Waals surface area (Å²) in [6.07, 6.45) is 5.85. The molecule has 3 nitrogen and oxygen atoms in total. The van der Waals surface area contributed by atoms with Gasteiger partial charge in [-0.3, -0.25) is 0 Å². The molecule has 1 aliphatic rings. The van der Waals surface area contributed by atoms with Crippen molar-refractivity contribution in [1.29, 1.82) is 0 Å². The van der Waals surface area contributed by atoms with Crippen molar-refractivity contribution in [2.75, 3.05) is 33.0 Å². The van der Waals surface area contributed by atoms with Gasteiger partial charge < -0.3 is 15.3 Å². The SMILES string of the molecule is CSC(CO)C(C)NC1CCCN(C)CC1. The third-order valence-electron chi connectivity index (χ3n) is 3.49. The molecule has 0 bridgehead atoms. The number of rotatable bonds is 5. The van der Waals surface area contributed by atoms with Crippen LogP contribution >= 0.6 is 11.8 Å². The van der Waals surface area contributed by atoms with Gasteiger partial charge in [-0.15, -0.1) is 0 Å². The van der Waals surface area contributed by atoms with Crippen molar-refractivity contribution < 1.29 is 5.11 Å². The normalized spacial score (nSPS) is 27.4. The highest BCUT2D eigenvalue weighted by molar-refractivity contribution is 7.99. The van der Waals surface area contributed by atoms with Crippen LogP contribution in [0.3, 0.4) is 0 Å². The van der Waals surface area contributed by atoms with Gasteiger partial charge in [0.1, 0.15) is 0 Å². The average molecular weight is 246 g/mol. The molecule has 0 aromatic rings. The maximum Gasteiger partial charge on any atom is 0.0564 e. The monoisotopic (exact) mass is 246 g/mol. The molecule has 0 aromatic heterocycles. The van der Waals surface area contributed by atoms with E-state index in [0.717, 1.165) is 0 Å². The molecule has 4 heteroatoms. The lowest BCUT2D eigenvalue weighted by atomic mass is 10.1. The molecule has 3 atom stereocenters. The third kappa shape index (κ3) is 4.62. The van der Waals surface area contributed by atoms with Crippen molar-refractivity contribution in [3.8, 4) is 0 Å². The fourth-order valence-corrected chi connectivity index (χ4v) is 2.96. The van der Waals surface area contributed by atoms with Crippen LogP contribution in [0.1, 0.15) is 26.2 Å². The van der Waals surface area contributed by atoms with E-state index in [9.17, 15) is 5.11 Å². The van der Waals surface area contributed by atoms with E-state index in [2.05, 4.69) is 30.4 Å². The molecule has 0 spiro atoms. The Balaban J connectivity index is 2.34. The van der Waals surface area contributed by atoms with E-state index in [-0.39, 0.29) is 6.61 Å². The van der Waals surface area contributed by atoms with Gasteiger partial charge in [-0.25, -0.2) is 0 Å². The molecule has 0 saturated carbocycles. The van der Waals surface area contributed by atoms with E-state index < -0.39 is 0 Å². The van der Waals surface area contributed by atoms with Gasteiger partial charge in [0.15, 0.2) is 0 Å². The van der Waals surface area contributed by atoms with Crippen LogP contribution in [0.4, 0.5) is 0 Å². The van der Waals surface area contributed by atoms with Gasteiger partial charge >= 0.3 is 0 Å². The van der Waals surface area contributed by atoms with E-state index in [4.69, 9.17) is 0 Å². The highest BCUT2D eigenvalue weighted by Gasteiger charge is 2.20. The predicted octanol–water partition coefficient (Wildman–Crippen LogP) is 1.17. The molecule has 1 heterocycles. The number of likely N-dealkylation sites (tertiary alicyclic amines) is 1. The zero-order valence-electron chi connectivity index (χ0n) is 10.8. The molecule has 1 fully saturated rings. The van der Waals surface area contributed by atoms with Crippen molar-refractivity contribution in [1.82, 2.24) is 10.2 Å². The minimum absolute atomic E-state index is 0.266. The van der Waals surface area contributed by atoms with Gasteiger partial charge in [-0.2, -0.15) is 11.8 Å². The summed E-state index contributed by atoms with van der Waals surface area (Å²) in [5.41, 5.74) is 0. The first kappa shape index (κ1) is 14.3. The second-order valence-electron chi connectivity index (χ2n) is 4.84. The maximum absolute atomic E-state index is 9.25. The van der Waals surface area contributed by atoms with Crippen molar-refractivity contribution in [3.63, 3.8) is 0 Å². The van der Waals surface area contributed by atoms with Gasteiger partial charge in [-0.1, -0.05) is 0 Å². The summed E-state index contributed by atoms with van der Waals surface area (Å²) in [5, 5.41) is 13.2. The zero-order valence-corrected chi connectivity index (χ0v) is 11.6. The topological polar surface area (TPSA) is 35.5 Å². The first-order chi connectivity index (χ1) is 7.67. The second-order valence-corrected chi connectivity index (χ2v) is 5.92. The van der Waals surface area contributed by atoms with E-state index in [1.54, 1.807) is 11.8 Å². The molecule has 2 N–H and O–H groups in total. The first-order valence-corrected chi connectivity index (χ1v) is 7.54. The number of nitrogens with zero attached hydrogens (tertiary/aromatic N) is 1. The van der Waals surface area contributed by atoms with Gasteiger partial charge in [0, 0.05) is 17.3 Å². The molecule has 1 saturated heterocycles. The highest BCUT2D eigenvalue weighted by atomic mass is 32.2. The lowest BCUT2D eigenvalue weighted by Crippen LogP contribution is -2.44. The van der Waals surface area contributed by atoms with Gasteiger partial charge in [-0.05, 0) is 52.6 Å². The van der Waals surface area contributed by atoms with Crippen LogP contribution in [-0.2, 0) is 0 Å². The Morgan fingerprint density at radius 2 is 2.19 bits per heavy atom. The summed E-state index contributed by atoms with van der Waals surface area (Å²) in [4.78, 5) is 2.41. The van der Waals surface area contributed by atoms with E-state index >= 15 is 0 Å². The standard InChI is InChI=1S/C12H26N2OS/c1-10(12(9-15)16-3)13-11-5-4-7-14(2)8-6-11/h10-13,15H,4-9H2,1-3H3. The van der Waals surface area contributed by atoms with Gasteiger partial charge in [0.2, 0.25) is 0 Å². The lowest BCUT2D eigenvalue weighted by Gasteiger charge is -2.26. The average Bonchev–Trinajstić information content (AvgIpc) is 2.46. The molecular weight excluding hydrogens is 220 g/mol. The number of aliphatic hydroxyl groups is 1. The molecule has 1 rings (SSSR count). The van der Waals surface area contributed by atoms with Crippen LogP contribution in [0, 0.1) is 0 Å². The van der Waals surface area contributed by atoms with Crippen LogP contribution in [-0.4, -0.2) is 60.3 Å². The molecule has 0 aliphatic carbocycles. The lowest BCUT2D eigenvalue weighted by molar-refractivity contribution is 0.266. The summed E-state index contributed by atoms with van der Waals surface area (Å²) >= 11 is 1.75. The first-order valence-electron chi connectivity index (χ1n) is 6.25.